The molecule has 2 aromatic carbocycles. The maximum atomic E-state index is 12.7. The molecule has 0 aliphatic carbocycles. The van der Waals surface area contributed by atoms with Crippen LogP contribution in [0.3, 0.4) is 0 Å². The Labute approximate surface area is 182 Å². The third-order valence-corrected chi connectivity index (χ3v) is 5.86. The predicted octanol–water partition coefficient (Wildman–Crippen LogP) is 4.81. The van der Waals surface area contributed by atoms with E-state index in [9.17, 15) is 4.79 Å². The second-order valence-corrected chi connectivity index (χ2v) is 7.81. The van der Waals surface area contributed by atoms with Crippen LogP contribution in [-0.4, -0.2) is 48.4 Å². The number of benzene rings is 2. The number of nitrogens with zero attached hydrogens (tertiary/aromatic N) is 2. The Morgan fingerprint density at radius 1 is 1.06 bits per heavy atom. The van der Waals surface area contributed by atoms with Crippen molar-refractivity contribution in [1.82, 2.24) is 15.1 Å². The van der Waals surface area contributed by atoms with Gasteiger partial charge in [0.25, 0.3) is 0 Å². The number of rotatable bonds is 5. The molecule has 0 radical (unpaired) electrons. The topological polar surface area (TPSA) is 79.5 Å². The summed E-state index contributed by atoms with van der Waals surface area (Å²) in [5.74, 6) is 1.95. The first kappa shape index (κ1) is 20.8. The zero-order valence-electron chi connectivity index (χ0n) is 18.1. The number of carbonyl (C=O) groups is 1. The van der Waals surface area contributed by atoms with Crippen molar-refractivity contribution in [1.29, 1.82) is 0 Å². The molecule has 7 nitrogen and oxygen atoms in total. The Kier molecular flexibility index (Phi) is 6.11. The van der Waals surface area contributed by atoms with Gasteiger partial charge in [-0.15, -0.1) is 0 Å². The summed E-state index contributed by atoms with van der Waals surface area (Å²) in [5, 5.41) is 10.7. The molecule has 2 heterocycles. The van der Waals surface area contributed by atoms with Crippen molar-refractivity contribution in [3.8, 4) is 22.8 Å². The zero-order chi connectivity index (χ0) is 21.8. The molecule has 1 aliphatic heterocycles. The highest BCUT2D eigenvalue weighted by atomic mass is 16.5. The van der Waals surface area contributed by atoms with E-state index in [4.69, 9.17) is 9.47 Å². The van der Waals surface area contributed by atoms with Crippen LogP contribution >= 0.6 is 0 Å². The molecule has 0 unspecified atom stereocenters. The van der Waals surface area contributed by atoms with Gasteiger partial charge in [0.1, 0.15) is 11.5 Å². The van der Waals surface area contributed by atoms with E-state index in [2.05, 4.69) is 21.6 Å². The van der Waals surface area contributed by atoms with E-state index >= 15 is 0 Å². The summed E-state index contributed by atoms with van der Waals surface area (Å²) >= 11 is 0. The lowest BCUT2D eigenvalue weighted by molar-refractivity contribution is 0.194. The molecule has 1 aliphatic rings. The second-order valence-electron chi connectivity index (χ2n) is 7.81. The van der Waals surface area contributed by atoms with Crippen molar-refractivity contribution in [3.63, 3.8) is 0 Å². The number of aryl methyl sites for hydroxylation is 1. The van der Waals surface area contributed by atoms with Gasteiger partial charge < -0.3 is 19.7 Å². The molecular formula is C24H28N4O3. The Morgan fingerprint density at radius 3 is 2.52 bits per heavy atom. The highest BCUT2D eigenvalue weighted by molar-refractivity contribution is 5.90. The van der Waals surface area contributed by atoms with Crippen molar-refractivity contribution < 1.29 is 14.3 Å². The molecule has 0 bridgehead atoms. The fraction of sp³-hybridized carbons (Fsp3) is 0.333. The lowest BCUT2D eigenvalue weighted by Gasteiger charge is -2.31. The summed E-state index contributed by atoms with van der Waals surface area (Å²) in [6.07, 6.45) is 1.80. The number of piperidine rings is 1. The van der Waals surface area contributed by atoms with Crippen molar-refractivity contribution in [2.75, 3.05) is 32.6 Å². The van der Waals surface area contributed by atoms with Crippen molar-refractivity contribution >= 4 is 11.7 Å². The largest absolute Gasteiger partial charge is 0.497 e. The highest BCUT2D eigenvalue weighted by Crippen LogP contribution is 2.31. The zero-order valence-corrected chi connectivity index (χ0v) is 18.1. The minimum atomic E-state index is -0.0617. The first-order valence-electron chi connectivity index (χ1n) is 10.5. The van der Waals surface area contributed by atoms with Gasteiger partial charge in [-0.25, -0.2) is 4.79 Å². The number of methoxy groups -OCH3 is 2. The number of hydrogen-bond acceptors (Lipinski definition) is 4. The first-order valence-corrected chi connectivity index (χ1v) is 10.5. The smallest absolute Gasteiger partial charge is 0.321 e. The molecule has 31 heavy (non-hydrogen) atoms. The number of urea groups is 1. The minimum absolute atomic E-state index is 0.0617. The quantitative estimate of drug-likeness (QED) is 0.621. The molecular weight excluding hydrogens is 392 g/mol. The SMILES string of the molecule is COc1cccc(-c2cc(C3CCN(C(=O)Nc4ccc(OC)cc4C)CC3)[nH]n2)c1. The normalized spacial score (nSPS) is 14.4. The molecule has 2 amide bonds. The molecule has 2 N–H and O–H groups in total. The summed E-state index contributed by atoms with van der Waals surface area (Å²) in [6.45, 7) is 3.38. The molecule has 0 atom stereocenters. The molecule has 0 spiro atoms. The monoisotopic (exact) mass is 420 g/mol. The Hall–Kier alpha value is -3.48. The van der Waals surface area contributed by atoms with Crippen molar-refractivity contribution in [2.45, 2.75) is 25.7 Å². The van der Waals surface area contributed by atoms with Crippen LogP contribution in [0.5, 0.6) is 11.5 Å². The van der Waals surface area contributed by atoms with Gasteiger partial charge in [0, 0.05) is 36.0 Å². The summed E-state index contributed by atoms with van der Waals surface area (Å²) in [4.78, 5) is 14.6. The van der Waals surface area contributed by atoms with Gasteiger partial charge in [0.15, 0.2) is 0 Å². The van der Waals surface area contributed by atoms with Gasteiger partial charge in [0.2, 0.25) is 0 Å². The average molecular weight is 421 g/mol. The van der Waals surface area contributed by atoms with Gasteiger partial charge in [-0.3, -0.25) is 5.10 Å². The Morgan fingerprint density at radius 2 is 1.81 bits per heavy atom. The van der Waals surface area contributed by atoms with E-state index in [0.717, 1.165) is 52.5 Å². The fourth-order valence-electron chi connectivity index (χ4n) is 3.97. The number of hydrogen-bond donors (Lipinski definition) is 2. The van der Waals surface area contributed by atoms with Crippen LogP contribution in [0.1, 0.15) is 30.0 Å². The van der Waals surface area contributed by atoms with E-state index < -0.39 is 0 Å². The van der Waals surface area contributed by atoms with E-state index in [1.165, 1.54) is 0 Å². The van der Waals surface area contributed by atoms with Crippen LogP contribution in [0.15, 0.2) is 48.5 Å². The highest BCUT2D eigenvalue weighted by Gasteiger charge is 2.25. The average Bonchev–Trinajstić information content (AvgIpc) is 3.31. The Balaban J connectivity index is 1.35. The third-order valence-electron chi connectivity index (χ3n) is 5.86. The van der Waals surface area contributed by atoms with Crippen molar-refractivity contribution in [3.05, 3.63) is 59.8 Å². The minimum Gasteiger partial charge on any atom is -0.497 e. The summed E-state index contributed by atoms with van der Waals surface area (Å²) in [7, 11) is 3.30. The van der Waals surface area contributed by atoms with Crippen molar-refractivity contribution in [2.24, 2.45) is 0 Å². The summed E-state index contributed by atoms with van der Waals surface area (Å²) in [5.41, 5.74) is 4.83. The number of anilines is 1. The standard InChI is InChI=1S/C24H28N4O3/c1-16-13-20(31-3)7-8-21(16)25-24(29)28-11-9-17(10-12-28)22-15-23(27-26-22)18-5-4-6-19(14-18)30-2/h4-8,13-15,17H,9-12H2,1-3H3,(H,25,29)(H,26,27). The fourth-order valence-corrected chi connectivity index (χ4v) is 3.97. The van der Waals surface area contributed by atoms with Crippen LogP contribution in [0.4, 0.5) is 10.5 Å². The molecule has 162 valence electrons. The molecule has 1 saturated heterocycles. The maximum absolute atomic E-state index is 12.7. The predicted molar refractivity (Wildman–Crippen MR) is 121 cm³/mol. The van der Waals surface area contributed by atoms with E-state index in [0.29, 0.717) is 19.0 Å². The molecule has 3 aromatic rings. The van der Waals surface area contributed by atoms with Gasteiger partial charge >= 0.3 is 6.03 Å². The molecule has 4 rings (SSSR count). The number of ether oxygens (including phenoxy) is 2. The maximum Gasteiger partial charge on any atom is 0.321 e. The number of aromatic nitrogens is 2. The summed E-state index contributed by atoms with van der Waals surface area (Å²) in [6, 6.07) is 15.6. The van der Waals surface area contributed by atoms with E-state index in [-0.39, 0.29) is 6.03 Å². The van der Waals surface area contributed by atoms with Crippen LogP contribution in [0.2, 0.25) is 0 Å². The number of nitrogens with one attached hydrogen (secondary N) is 2. The lowest BCUT2D eigenvalue weighted by Crippen LogP contribution is -2.40. The molecule has 7 heteroatoms. The number of carbonyl (C=O) groups excluding carboxylic acids is 1. The van der Waals surface area contributed by atoms with Gasteiger partial charge in [-0.1, -0.05) is 12.1 Å². The van der Waals surface area contributed by atoms with Crippen LogP contribution in [0.25, 0.3) is 11.3 Å². The molecule has 0 saturated carbocycles. The van der Waals surface area contributed by atoms with Crippen LogP contribution in [-0.2, 0) is 0 Å². The number of H-pyrrole nitrogens is 1. The number of amides is 2. The van der Waals surface area contributed by atoms with Gasteiger partial charge in [-0.2, -0.15) is 5.10 Å². The van der Waals surface area contributed by atoms with Gasteiger partial charge in [-0.05, 0) is 61.7 Å². The van der Waals surface area contributed by atoms with Gasteiger partial charge in [0.05, 0.1) is 19.9 Å². The van der Waals surface area contributed by atoms with E-state index in [1.54, 1.807) is 14.2 Å². The number of aromatic amines is 1. The second kappa shape index (κ2) is 9.12. The van der Waals surface area contributed by atoms with Crippen LogP contribution < -0.4 is 14.8 Å². The van der Waals surface area contributed by atoms with Crippen LogP contribution in [0, 0.1) is 6.92 Å². The first-order chi connectivity index (χ1) is 15.1. The summed E-state index contributed by atoms with van der Waals surface area (Å²) < 4.78 is 10.5. The third kappa shape index (κ3) is 4.66. The lowest BCUT2D eigenvalue weighted by atomic mass is 9.93. The molecule has 1 aromatic heterocycles. The van der Waals surface area contributed by atoms with E-state index in [1.807, 2.05) is 54.3 Å². The molecule has 1 fully saturated rings. The number of likely N-dealkylation sites (tertiary alicyclic amines) is 1. The Bertz CT molecular complexity index is 1050.